The number of aliphatic carboxylic acids is 1. The van der Waals surface area contributed by atoms with Crippen molar-refractivity contribution in [1.82, 2.24) is 0 Å². The zero-order valence-electron chi connectivity index (χ0n) is 14.6. The zero-order valence-corrected chi connectivity index (χ0v) is 15.6. The molecule has 0 bridgehead atoms. The second-order valence-electron chi connectivity index (χ2n) is 7.02. The van der Waals surface area contributed by atoms with Gasteiger partial charge < -0.3 is 19.1 Å². The van der Waals surface area contributed by atoms with Crippen molar-refractivity contribution < 1.29 is 23.9 Å². The lowest BCUT2D eigenvalue weighted by atomic mass is 10.1. The number of Topliss-reactive ketones (excluding diaryl/α,β-unsaturated/α-hetero) is 1. The van der Waals surface area contributed by atoms with Crippen LogP contribution in [0, 0.1) is 0 Å². The molecule has 0 fully saturated rings. The summed E-state index contributed by atoms with van der Waals surface area (Å²) in [6.07, 6.45) is 3.47. The van der Waals surface area contributed by atoms with Gasteiger partial charge in [-0.25, -0.2) is 4.79 Å². The summed E-state index contributed by atoms with van der Waals surface area (Å²) in [5, 5.41) is 8.60. The lowest BCUT2D eigenvalue weighted by Crippen LogP contribution is -2.45. The Morgan fingerprint density at radius 2 is 1.86 bits per heavy atom. The number of hydrogen-bond donors (Lipinski definition) is 1. The monoisotopic (exact) mass is 330 g/mol. The number of carboxylic acids is 1. The molecule has 0 heterocycles. The SMILES string of the molecule is CC(=O)CCC(COCC=CC(=O)O)O[Si](C)(C)C(C)(C)C. The van der Waals surface area contributed by atoms with E-state index in [2.05, 4.69) is 33.9 Å². The Bertz CT molecular complexity index is 396. The molecular weight excluding hydrogens is 300 g/mol. The molecule has 1 unspecified atom stereocenters. The summed E-state index contributed by atoms with van der Waals surface area (Å²) < 4.78 is 11.8. The highest BCUT2D eigenvalue weighted by molar-refractivity contribution is 6.74. The maximum absolute atomic E-state index is 11.2. The van der Waals surface area contributed by atoms with Crippen molar-refractivity contribution in [2.45, 2.75) is 64.8 Å². The Balaban J connectivity index is 4.56. The van der Waals surface area contributed by atoms with Crippen molar-refractivity contribution in [2.75, 3.05) is 13.2 Å². The van der Waals surface area contributed by atoms with E-state index in [0.717, 1.165) is 6.08 Å². The second-order valence-corrected chi connectivity index (χ2v) is 11.8. The van der Waals surface area contributed by atoms with E-state index in [1.54, 1.807) is 6.92 Å². The maximum atomic E-state index is 11.2. The van der Waals surface area contributed by atoms with Gasteiger partial charge in [0.05, 0.1) is 19.3 Å². The fourth-order valence-electron chi connectivity index (χ4n) is 1.55. The van der Waals surface area contributed by atoms with Crippen molar-refractivity contribution in [2.24, 2.45) is 0 Å². The predicted molar refractivity (Wildman–Crippen MR) is 89.6 cm³/mol. The fraction of sp³-hybridized carbons (Fsp3) is 0.750. The molecule has 0 saturated carbocycles. The standard InChI is InChI=1S/C16H30O5Si/c1-13(17)9-10-14(12-20-11-7-8-15(18)19)21-22(5,6)16(2,3)4/h7-8,14H,9-12H2,1-6H3,(H,18,19). The first-order valence-corrected chi connectivity index (χ1v) is 10.5. The van der Waals surface area contributed by atoms with E-state index in [4.69, 9.17) is 14.3 Å². The summed E-state index contributed by atoms with van der Waals surface area (Å²) in [6, 6.07) is 0. The average Bonchev–Trinajstić information content (AvgIpc) is 2.33. The van der Waals surface area contributed by atoms with Crippen LogP contribution >= 0.6 is 0 Å². The Labute approximate surface area is 134 Å². The van der Waals surface area contributed by atoms with Gasteiger partial charge >= 0.3 is 5.97 Å². The van der Waals surface area contributed by atoms with E-state index in [0.29, 0.717) is 19.4 Å². The Morgan fingerprint density at radius 1 is 1.27 bits per heavy atom. The Hall–Kier alpha value is -0.983. The van der Waals surface area contributed by atoms with Crippen molar-refractivity contribution in [3.63, 3.8) is 0 Å². The van der Waals surface area contributed by atoms with E-state index >= 15 is 0 Å². The fourth-order valence-corrected chi connectivity index (χ4v) is 2.92. The Morgan fingerprint density at radius 3 is 2.32 bits per heavy atom. The van der Waals surface area contributed by atoms with E-state index in [9.17, 15) is 9.59 Å². The van der Waals surface area contributed by atoms with E-state index in [-0.39, 0.29) is 23.5 Å². The highest BCUT2D eigenvalue weighted by atomic mass is 28.4. The lowest BCUT2D eigenvalue weighted by molar-refractivity contribution is -0.131. The first-order chi connectivity index (χ1) is 9.95. The van der Waals surface area contributed by atoms with Crippen molar-refractivity contribution in [3.05, 3.63) is 12.2 Å². The van der Waals surface area contributed by atoms with Crippen LogP contribution in [0.4, 0.5) is 0 Å². The van der Waals surface area contributed by atoms with Crippen LogP contribution in [0.1, 0.15) is 40.5 Å². The third-order valence-electron chi connectivity index (χ3n) is 3.86. The molecule has 0 aromatic heterocycles. The van der Waals surface area contributed by atoms with Gasteiger partial charge in [-0.2, -0.15) is 0 Å². The van der Waals surface area contributed by atoms with Crippen LogP contribution in [0.3, 0.4) is 0 Å². The smallest absolute Gasteiger partial charge is 0.328 e. The van der Waals surface area contributed by atoms with E-state index in [1.807, 2.05) is 0 Å². The predicted octanol–water partition coefficient (Wildman–Crippen LogP) is 3.40. The van der Waals surface area contributed by atoms with Gasteiger partial charge in [0.25, 0.3) is 0 Å². The number of carbonyl (C=O) groups excluding carboxylic acids is 1. The molecule has 5 nitrogen and oxygen atoms in total. The van der Waals surface area contributed by atoms with Gasteiger partial charge in [0.1, 0.15) is 5.78 Å². The minimum atomic E-state index is -1.93. The Kier molecular flexibility index (Phi) is 8.81. The molecule has 1 atom stereocenters. The summed E-state index contributed by atoms with van der Waals surface area (Å²) in [7, 11) is -1.93. The number of rotatable bonds is 10. The molecule has 0 aromatic carbocycles. The molecule has 0 amide bonds. The molecule has 6 heteroatoms. The molecule has 0 aromatic rings. The van der Waals surface area contributed by atoms with Gasteiger partial charge in [-0.15, -0.1) is 0 Å². The number of hydrogen-bond acceptors (Lipinski definition) is 4. The normalized spacial score (nSPS) is 14.3. The van der Waals surface area contributed by atoms with Crippen molar-refractivity contribution in [3.8, 4) is 0 Å². The van der Waals surface area contributed by atoms with Gasteiger partial charge in [-0.05, 0) is 31.5 Å². The molecule has 1 N–H and O–H groups in total. The zero-order chi connectivity index (χ0) is 17.4. The number of carbonyl (C=O) groups is 2. The molecule has 0 rings (SSSR count). The van der Waals surface area contributed by atoms with Gasteiger partial charge in [-0.1, -0.05) is 26.8 Å². The molecule has 22 heavy (non-hydrogen) atoms. The molecule has 0 aliphatic rings. The maximum Gasteiger partial charge on any atom is 0.328 e. The first-order valence-electron chi connectivity index (χ1n) is 7.60. The molecule has 128 valence electrons. The largest absolute Gasteiger partial charge is 0.478 e. The van der Waals surface area contributed by atoms with Gasteiger partial charge in [0.2, 0.25) is 0 Å². The van der Waals surface area contributed by atoms with Gasteiger partial charge in [0.15, 0.2) is 8.32 Å². The number of carboxylic acid groups (broad SMARTS) is 1. The van der Waals surface area contributed by atoms with Crippen LogP contribution in [0.25, 0.3) is 0 Å². The van der Waals surface area contributed by atoms with E-state index < -0.39 is 14.3 Å². The lowest BCUT2D eigenvalue weighted by Gasteiger charge is -2.39. The molecule has 0 aliphatic carbocycles. The van der Waals surface area contributed by atoms with Crippen LogP contribution < -0.4 is 0 Å². The van der Waals surface area contributed by atoms with Crippen LogP contribution in [-0.4, -0.2) is 44.5 Å². The van der Waals surface area contributed by atoms with Crippen LogP contribution in [0.15, 0.2) is 12.2 Å². The average molecular weight is 330 g/mol. The molecular formula is C16H30O5Si. The van der Waals surface area contributed by atoms with Crippen molar-refractivity contribution in [1.29, 1.82) is 0 Å². The van der Waals surface area contributed by atoms with Crippen molar-refractivity contribution >= 4 is 20.1 Å². The van der Waals surface area contributed by atoms with Crippen LogP contribution in [-0.2, 0) is 18.8 Å². The third-order valence-corrected chi connectivity index (χ3v) is 8.40. The highest BCUT2D eigenvalue weighted by Gasteiger charge is 2.39. The van der Waals surface area contributed by atoms with Crippen LogP contribution in [0.5, 0.6) is 0 Å². The van der Waals surface area contributed by atoms with Gasteiger partial charge in [0, 0.05) is 12.5 Å². The molecule has 0 aliphatic heterocycles. The van der Waals surface area contributed by atoms with Gasteiger partial charge in [-0.3, -0.25) is 0 Å². The highest BCUT2D eigenvalue weighted by Crippen LogP contribution is 2.37. The summed E-state index contributed by atoms with van der Waals surface area (Å²) in [5.41, 5.74) is 0. The number of ether oxygens (including phenoxy) is 1. The molecule has 0 spiro atoms. The minimum absolute atomic E-state index is 0.0880. The summed E-state index contributed by atoms with van der Waals surface area (Å²) in [6.45, 7) is 13.0. The number of ketones is 1. The second kappa shape index (κ2) is 9.22. The van der Waals surface area contributed by atoms with Crippen LogP contribution in [0.2, 0.25) is 18.1 Å². The minimum Gasteiger partial charge on any atom is -0.478 e. The summed E-state index contributed by atoms with van der Waals surface area (Å²) in [4.78, 5) is 21.6. The van der Waals surface area contributed by atoms with E-state index in [1.165, 1.54) is 6.08 Å². The first kappa shape index (κ1) is 21.0. The topological polar surface area (TPSA) is 72.8 Å². The summed E-state index contributed by atoms with van der Waals surface area (Å²) >= 11 is 0. The summed E-state index contributed by atoms with van der Waals surface area (Å²) in [5.74, 6) is -0.858. The molecule has 0 saturated heterocycles. The third kappa shape index (κ3) is 9.12. The molecule has 0 radical (unpaired) electrons. The quantitative estimate of drug-likeness (QED) is 0.377.